The van der Waals surface area contributed by atoms with Crippen LogP contribution in [0.5, 0.6) is 0 Å². The van der Waals surface area contributed by atoms with Crippen molar-refractivity contribution in [2.45, 2.75) is 57.9 Å². The highest BCUT2D eigenvalue weighted by molar-refractivity contribution is 6.30. The molecule has 0 unspecified atom stereocenters. The first-order chi connectivity index (χ1) is 10.1. The van der Waals surface area contributed by atoms with Crippen LogP contribution in [0.15, 0.2) is 35.9 Å². The number of halogens is 1. The summed E-state index contributed by atoms with van der Waals surface area (Å²) in [6.45, 7) is 1.90. The van der Waals surface area contributed by atoms with Crippen LogP contribution in [0.2, 0.25) is 5.02 Å². The van der Waals surface area contributed by atoms with Crippen LogP contribution in [0.3, 0.4) is 0 Å². The normalized spacial score (nSPS) is 16.8. The van der Waals surface area contributed by atoms with Gasteiger partial charge in [0.25, 0.3) is 0 Å². The summed E-state index contributed by atoms with van der Waals surface area (Å²) in [5, 5.41) is 3.91. The zero-order valence-electron chi connectivity index (χ0n) is 12.7. The Bertz CT molecular complexity index is 486. The van der Waals surface area contributed by atoms with Gasteiger partial charge in [-0.25, -0.2) is 0 Å². The number of benzene rings is 1. The van der Waals surface area contributed by atoms with Crippen LogP contribution in [-0.2, 0) is 11.2 Å². The van der Waals surface area contributed by atoms with Crippen molar-refractivity contribution in [3.8, 4) is 0 Å². The molecular weight excluding hydrogens is 282 g/mol. The minimum Gasteiger partial charge on any atom is -0.350 e. The van der Waals surface area contributed by atoms with Gasteiger partial charge in [0.15, 0.2) is 0 Å². The number of hydrogen-bond acceptors (Lipinski definition) is 1. The highest BCUT2D eigenvalue weighted by Gasteiger charge is 2.15. The second-order valence-electron chi connectivity index (χ2n) is 5.86. The maximum atomic E-state index is 12.1. The van der Waals surface area contributed by atoms with Crippen molar-refractivity contribution in [3.63, 3.8) is 0 Å². The van der Waals surface area contributed by atoms with E-state index in [4.69, 9.17) is 11.6 Å². The molecular formula is C18H24ClNO. The molecule has 1 aromatic carbocycles. The number of hydrogen-bond donors (Lipinski definition) is 1. The smallest absolute Gasteiger partial charge is 0.246 e. The summed E-state index contributed by atoms with van der Waals surface area (Å²) in [5.41, 5.74) is 2.07. The molecule has 1 aromatic rings. The maximum Gasteiger partial charge on any atom is 0.246 e. The Morgan fingerprint density at radius 2 is 1.90 bits per heavy atom. The van der Waals surface area contributed by atoms with Gasteiger partial charge in [-0.3, -0.25) is 4.79 Å². The van der Waals surface area contributed by atoms with Crippen molar-refractivity contribution in [2.24, 2.45) is 0 Å². The molecule has 0 spiro atoms. The van der Waals surface area contributed by atoms with Crippen LogP contribution in [-0.4, -0.2) is 11.9 Å². The van der Waals surface area contributed by atoms with Crippen molar-refractivity contribution < 1.29 is 4.79 Å². The second-order valence-corrected chi connectivity index (χ2v) is 6.30. The van der Waals surface area contributed by atoms with E-state index in [0.29, 0.717) is 6.04 Å². The summed E-state index contributed by atoms with van der Waals surface area (Å²) >= 11 is 5.87. The van der Waals surface area contributed by atoms with E-state index >= 15 is 0 Å². The van der Waals surface area contributed by atoms with Crippen molar-refractivity contribution >= 4 is 17.5 Å². The molecule has 0 radical (unpaired) electrons. The molecule has 0 aromatic heterocycles. The first-order valence-corrected chi connectivity index (χ1v) is 8.25. The summed E-state index contributed by atoms with van der Waals surface area (Å²) < 4.78 is 0. The molecule has 114 valence electrons. The molecule has 0 saturated heterocycles. The Hall–Kier alpha value is -1.28. The Morgan fingerprint density at radius 3 is 2.57 bits per heavy atom. The summed E-state index contributed by atoms with van der Waals surface area (Å²) in [4.78, 5) is 12.1. The van der Waals surface area contributed by atoms with Crippen LogP contribution >= 0.6 is 11.6 Å². The second kappa shape index (κ2) is 8.23. The predicted octanol–water partition coefficient (Wildman–Crippen LogP) is 4.67. The fourth-order valence-electron chi connectivity index (χ4n) is 2.75. The van der Waals surface area contributed by atoms with E-state index in [-0.39, 0.29) is 5.91 Å². The predicted molar refractivity (Wildman–Crippen MR) is 88.5 cm³/mol. The lowest BCUT2D eigenvalue weighted by Crippen LogP contribution is -2.36. The molecule has 0 aliphatic heterocycles. The first-order valence-electron chi connectivity index (χ1n) is 7.87. The highest BCUT2D eigenvalue weighted by atomic mass is 35.5. The lowest BCUT2D eigenvalue weighted by Gasteiger charge is -2.22. The number of nitrogens with one attached hydrogen (secondary N) is 1. The number of amides is 1. The molecule has 2 rings (SSSR count). The summed E-state index contributed by atoms with van der Waals surface area (Å²) in [6.07, 6.45) is 9.90. The van der Waals surface area contributed by atoms with Gasteiger partial charge >= 0.3 is 0 Å². The van der Waals surface area contributed by atoms with Gasteiger partial charge < -0.3 is 5.32 Å². The maximum absolute atomic E-state index is 12.1. The zero-order valence-corrected chi connectivity index (χ0v) is 13.5. The van der Waals surface area contributed by atoms with Gasteiger partial charge in [0.05, 0.1) is 0 Å². The quantitative estimate of drug-likeness (QED) is 0.787. The van der Waals surface area contributed by atoms with Crippen molar-refractivity contribution in [2.75, 3.05) is 0 Å². The molecule has 1 saturated carbocycles. The van der Waals surface area contributed by atoms with Crippen LogP contribution in [0.4, 0.5) is 0 Å². The Labute approximate surface area is 132 Å². The van der Waals surface area contributed by atoms with Gasteiger partial charge in [0.1, 0.15) is 0 Å². The summed E-state index contributed by atoms with van der Waals surface area (Å²) in [7, 11) is 0. The Kier molecular flexibility index (Phi) is 6.31. The number of carbonyl (C=O) groups excluding carboxylic acids is 1. The van der Waals surface area contributed by atoms with E-state index in [0.717, 1.165) is 36.3 Å². The topological polar surface area (TPSA) is 29.1 Å². The SMILES string of the molecule is CC(=CCCc1ccc(Cl)cc1)C(=O)NC1CCCCC1. The number of rotatable bonds is 5. The van der Waals surface area contributed by atoms with E-state index in [9.17, 15) is 4.79 Å². The minimum atomic E-state index is 0.0954. The lowest BCUT2D eigenvalue weighted by molar-refractivity contribution is -0.118. The third-order valence-electron chi connectivity index (χ3n) is 4.10. The van der Waals surface area contributed by atoms with Crippen LogP contribution in [0, 0.1) is 0 Å². The number of allylic oxidation sites excluding steroid dienone is 1. The molecule has 1 fully saturated rings. The molecule has 2 nitrogen and oxygen atoms in total. The van der Waals surface area contributed by atoms with Gasteiger partial charge in [-0.2, -0.15) is 0 Å². The first kappa shape index (κ1) is 16.1. The van der Waals surface area contributed by atoms with Crippen molar-refractivity contribution in [1.29, 1.82) is 0 Å². The minimum absolute atomic E-state index is 0.0954. The molecule has 0 heterocycles. The lowest BCUT2D eigenvalue weighted by atomic mass is 9.95. The molecule has 1 aliphatic rings. The molecule has 0 bridgehead atoms. The van der Waals surface area contributed by atoms with Crippen LogP contribution in [0.25, 0.3) is 0 Å². The third kappa shape index (κ3) is 5.55. The van der Waals surface area contributed by atoms with Gasteiger partial charge in [-0.05, 0) is 50.3 Å². The van der Waals surface area contributed by atoms with E-state index in [1.165, 1.54) is 24.8 Å². The standard InChI is InChI=1S/C18H24ClNO/c1-14(18(21)20-17-8-3-2-4-9-17)6-5-7-15-10-12-16(19)13-11-15/h6,10-13,17H,2-5,7-9H2,1H3,(H,20,21). The fourth-order valence-corrected chi connectivity index (χ4v) is 2.87. The Balaban J connectivity index is 1.77. The highest BCUT2D eigenvalue weighted by Crippen LogP contribution is 2.18. The average molecular weight is 306 g/mol. The van der Waals surface area contributed by atoms with Gasteiger partial charge in [0, 0.05) is 16.6 Å². The van der Waals surface area contributed by atoms with Gasteiger partial charge in [0.2, 0.25) is 5.91 Å². The van der Waals surface area contributed by atoms with Crippen LogP contribution in [0.1, 0.15) is 51.0 Å². The van der Waals surface area contributed by atoms with E-state index in [2.05, 4.69) is 5.32 Å². The van der Waals surface area contributed by atoms with Crippen molar-refractivity contribution in [1.82, 2.24) is 5.32 Å². The molecule has 1 aliphatic carbocycles. The number of aryl methyl sites for hydroxylation is 1. The largest absolute Gasteiger partial charge is 0.350 e. The molecule has 1 amide bonds. The van der Waals surface area contributed by atoms with E-state index in [1.54, 1.807) is 0 Å². The van der Waals surface area contributed by atoms with Gasteiger partial charge in [-0.15, -0.1) is 0 Å². The number of carbonyl (C=O) groups is 1. The van der Waals surface area contributed by atoms with E-state index < -0.39 is 0 Å². The Morgan fingerprint density at radius 1 is 1.24 bits per heavy atom. The van der Waals surface area contributed by atoms with Crippen molar-refractivity contribution in [3.05, 3.63) is 46.5 Å². The molecule has 3 heteroatoms. The van der Waals surface area contributed by atoms with Gasteiger partial charge in [-0.1, -0.05) is 49.1 Å². The molecule has 21 heavy (non-hydrogen) atoms. The zero-order chi connectivity index (χ0) is 15.1. The monoisotopic (exact) mass is 305 g/mol. The van der Waals surface area contributed by atoms with Crippen LogP contribution < -0.4 is 5.32 Å². The average Bonchev–Trinajstić information content (AvgIpc) is 2.50. The molecule has 0 atom stereocenters. The summed E-state index contributed by atoms with van der Waals surface area (Å²) in [5.74, 6) is 0.0954. The van der Waals surface area contributed by atoms with E-state index in [1.807, 2.05) is 37.3 Å². The fraction of sp³-hybridized carbons (Fsp3) is 0.500. The summed E-state index contributed by atoms with van der Waals surface area (Å²) in [6, 6.07) is 8.26. The molecule has 1 N–H and O–H groups in total. The third-order valence-corrected chi connectivity index (χ3v) is 4.35.